The summed E-state index contributed by atoms with van der Waals surface area (Å²) in [5.74, 6) is -0.633. The summed E-state index contributed by atoms with van der Waals surface area (Å²) < 4.78 is 4.80. The van der Waals surface area contributed by atoms with Gasteiger partial charge in [-0.3, -0.25) is 9.59 Å². The summed E-state index contributed by atoms with van der Waals surface area (Å²) >= 11 is 0. The highest BCUT2D eigenvalue weighted by atomic mass is 16.5. The molecule has 0 aromatic heterocycles. The summed E-state index contributed by atoms with van der Waals surface area (Å²) in [4.78, 5) is 25.1. The lowest BCUT2D eigenvalue weighted by Gasteiger charge is -2.29. The Kier molecular flexibility index (Phi) is 3.97. The average Bonchev–Trinajstić information content (AvgIpc) is 2.38. The SMILES string of the molecule is CCOC(=O)CC(=O)N1CCCc2ccccc21. The third-order valence-corrected chi connectivity index (χ3v) is 3.01. The molecule has 2 rings (SSSR count). The van der Waals surface area contributed by atoms with Crippen LogP contribution in [0.4, 0.5) is 5.69 Å². The van der Waals surface area contributed by atoms with Crippen LogP contribution in [0.5, 0.6) is 0 Å². The number of benzene rings is 1. The van der Waals surface area contributed by atoms with Crippen LogP contribution < -0.4 is 4.90 Å². The Labute approximate surface area is 107 Å². The van der Waals surface area contributed by atoms with E-state index in [2.05, 4.69) is 0 Å². The van der Waals surface area contributed by atoms with Crippen molar-refractivity contribution in [2.45, 2.75) is 26.2 Å². The molecule has 1 aliphatic heterocycles. The molecule has 0 radical (unpaired) electrons. The molecule has 0 atom stereocenters. The summed E-state index contributed by atoms with van der Waals surface area (Å²) in [5, 5.41) is 0. The van der Waals surface area contributed by atoms with E-state index in [4.69, 9.17) is 4.74 Å². The predicted octanol–water partition coefficient (Wildman–Crippen LogP) is 1.92. The van der Waals surface area contributed by atoms with Crippen LogP contribution in [0.2, 0.25) is 0 Å². The standard InChI is InChI=1S/C14H17NO3/c1-2-18-14(17)10-13(16)15-9-5-7-11-6-3-4-8-12(11)15/h3-4,6,8H,2,5,7,9-10H2,1H3. The van der Waals surface area contributed by atoms with Crippen LogP contribution in [0.25, 0.3) is 0 Å². The van der Waals surface area contributed by atoms with Gasteiger partial charge >= 0.3 is 5.97 Å². The number of carbonyl (C=O) groups is 2. The number of para-hydroxylation sites is 1. The number of esters is 1. The van der Waals surface area contributed by atoms with Crippen LogP contribution in [-0.2, 0) is 20.7 Å². The lowest BCUT2D eigenvalue weighted by molar-refractivity contribution is -0.145. The Morgan fingerprint density at radius 2 is 2.11 bits per heavy atom. The van der Waals surface area contributed by atoms with E-state index in [-0.39, 0.29) is 12.3 Å². The van der Waals surface area contributed by atoms with Gasteiger partial charge in [0.1, 0.15) is 6.42 Å². The molecule has 1 amide bonds. The van der Waals surface area contributed by atoms with Gasteiger partial charge in [0.2, 0.25) is 5.91 Å². The van der Waals surface area contributed by atoms with Gasteiger partial charge in [-0.25, -0.2) is 0 Å². The lowest BCUT2D eigenvalue weighted by atomic mass is 10.0. The van der Waals surface area contributed by atoms with Crippen molar-refractivity contribution >= 4 is 17.6 Å². The number of rotatable bonds is 3. The summed E-state index contributed by atoms with van der Waals surface area (Å²) in [7, 11) is 0. The quantitative estimate of drug-likeness (QED) is 0.605. The molecule has 0 spiro atoms. The molecule has 0 bridgehead atoms. The van der Waals surface area contributed by atoms with E-state index in [0.29, 0.717) is 13.2 Å². The Bertz CT molecular complexity index is 456. The highest BCUT2D eigenvalue weighted by Gasteiger charge is 2.24. The number of fused-ring (bicyclic) bond motifs is 1. The zero-order chi connectivity index (χ0) is 13.0. The smallest absolute Gasteiger partial charge is 0.315 e. The third kappa shape index (κ3) is 2.70. The van der Waals surface area contributed by atoms with Crippen LogP contribution in [0.1, 0.15) is 25.3 Å². The van der Waals surface area contributed by atoms with E-state index < -0.39 is 5.97 Å². The van der Waals surface area contributed by atoms with Gasteiger partial charge in [-0.2, -0.15) is 0 Å². The maximum absolute atomic E-state index is 12.1. The predicted molar refractivity (Wildman–Crippen MR) is 68.4 cm³/mol. The fourth-order valence-corrected chi connectivity index (χ4v) is 2.22. The number of hydrogen-bond donors (Lipinski definition) is 0. The highest BCUT2D eigenvalue weighted by molar-refractivity contribution is 6.04. The van der Waals surface area contributed by atoms with Crippen molar-refractivity contribution in [3.05, 3.63) is 29.8 Å². The maximum Gasteiger partial charge on any atom is 0.315 e. The average molecular weight is 247 g/mol. The first-order valence-corrected chi connectivity index (χ1v) is 6.26. The Morgan fingerprint density at radius 1 is 1.33 bits per heavy atom. The minimum Gasteiger partial charge on any atom is -0.466 e. The molecule has 18 heavy (non-hydrogen) atoms. The molecule has 0 saturated carbocycles. The largest absolute Gasteiger partial charge is 0.466 e. The van der Waals surface area contributed by atoms with Crippen molar-refractivity contribution in [2.24, 2.45) is 0 Å². The number of aryl methyl sites for hydroxylation is 1. The van der Waals surface area contributed by atoms with Gasteiger partial charge in [0.05, 0.1) is 6.61 Å². The number of anilines is 1. The van der Waals surface area contributed by atoms with Crippen LogP contribution in [0.15, 0.2) is 24.3 Å². The van der Waals surface area contributed by atoms with E-state index in [9.17, 15) is 9.59 Å². The molecular weight excluding hydrogens is 230 g/mol. The minimum absolute atomic E-state index is 0.178. The summed E-state index contributed by atoms with van der Waals surface area (Å²) in [6.45, 7) is 2.72. The molecule has 4 heteroatoms. The fourth-order valence-electron chi connectivity index (χ4n) is 2.22. The van der Waals surface area contributed by atoms with E-state index in [1.54, 1.807) is 11.8 Å². The Morgan fingerprint density at radius 3 is 2.89 bits per heavy atom. The van der Waals surface area contributed by atoms with Gasteiger partial charge in [0.15, 0.2) is 0 Å². The van der Waals surface area contributed by atoms with Crippen LogP contribution in [0, 0.1) is 0 Å². The topological polar surface area (TPSA) is 46.6 Å². The van der Waals surface area contributed by atoms with E-state index in [0.717, 1.165) is 18.5 Å². The first kappa shape index (κ1) is 12.6. The van der Waals surface area contributed by atoms with Gasteiger partial charge in [-0.1, -0.05) is 18.2 Å². The van der Waals surface area contributed by atoms with Gasteiger partial charge in [-0.15, -0.1) is 0 Å². The number of hydrogen-bond acceptors (Lipinski definition) is 3. The first-order valence-electron chi connectivity index (χ1n) is 6.26. The maximum atomic E-state index is 12.1. The molecule has 96 valence electrons. The van der Waals surface area contributed by atoms with Crippen molar-refractivity contribution in [2.75, 3.05) is 18.1 Å². The van der Waals surface area contributed by atoms with Gasteiger partial charge < -0.3 is 9.64 Å². The Hall–Kier alpha value is -1.84. The second-order valence-electron chi connectivity index (χ2n) is 4.26. The van der Waals surface area contributed by atoms with Crippen LogP contribution in [-0.4, -0.2) is 25.0 Å². The molecule has 0 fully saturated rings. The molecule has 0 saturated heterocycles. The third-order valence-electron chi connectivity index (χ3n) is 3.01. The van der Waals surface area contributed by atoms with Gasteiger partial charge in [0, 0.05) is 12.2 Å². The fraction of sp³-hybridized carbons (Fsp3) is 0.429. The van der Waals surface area contributed by atoms with E-state index >= 15 is 0 Å². The second-order valence-corrected chi connectivity index (χ2v) is 4.26. The Balaban J connectivity index is 2.10. The van der Waals surface area contributed by atoms with E-state index in [1.165, 1.54) is 5.56 Å². The molecule has 1 aromatic carbocycles. The zero-order valence-electron chi connectivity index (χ0n) is 10.5. The molecule has 1 heterocycles. The molecule has 0 N–H and O–H groups in total. The van der Waals surface area contributed by atoms with Crippen LogP contribution in [0.3, 0.4) is 0 Å². The van der Waals surface area contributed by atoms with Crippen molar-refractivity contribution in [1.82, 2.24) is 0 Å². The summed E-state index contributed by atoms with van der Waals surface area (Å²) in [6, 6.07) is 7.84. The summed E-state index contributed by atoms with van der Waals surface area (Å²) in [5.41, 5.74) is 2.10. The number of ether oxygens (including phenoxy) is 1. The first-order chi connectivity index (χ1) is 8.72. The molecular formula is C14H17NO3. The number of carbonyl (C=O) groups excluding carboxylic acids is 2. The molecule has 0 unspecified atom stereocenters. The monoisotopic (exact) mass is 247 g/mol. The van der Waals surface area contributed by atoms with Crippen molar-refractivity contribution in [1.29, 1.82) is 0 Å². The molecule has 0 aliphatic carbocycles. The number of amides is 1. The van der Waals surface area contributed by atoms with Crippen LogP contribution >= 0.6 is 0 Å². The minimum atomic E-state index is -0.453. The van der Waals surface area contributed by atoms with Crippen molar-refractivity contribution in [3.8, 4) is 0 Å². The van der Waals surface area contributed by atoms with Crippen molar-refractivity contribution < 1.29 is 14.3 Å². The molecule has 4 nitrogen and oxygen atoms in total. The summed E-state index contributed by atoms with van der Waals surface area (Å²) in [6.07, 6.45) is 1.74. The van der Waals surface area contributed by atoms with Gasteiger partial charge in [-0.05, 0) is 31.4 Å². The number of nitrogens with zero attached hydrogens (tertiary/aromatic N) is 1. The zero-order valence-corrected chi connectivity index (χ0v) is 10.5. The second kappa shape index (κ2) is 5.67. The molecule has 1 aliphatic rings. The molecule has 1 aromatic rings. The lowest BCUT2D eigenvalue weighted by Crippen LogP contribution is -2.36. The highest BCUT2D eigenvalue weighted by Crippen LogP contribution is 2.27. The van der Waals surface area contributed by atoms with E-state index in [1.807, 2.05) is 24.3 Å². The van der Waals surface area contributed by atoms with Gasteiger partial charge in [0.25, 0.3) is 0 Å². The van der Waals surface area contributed by atoms with Crippen molar-refractivity contribution in [3.63, 3.8) is 0 Å². The normalized spacial score (nSPS) is 13.9.